The summed E-state index contributed by atoms with van der Waals surface area (Å²) in [5.41, 5.74) is 26.7. The summed E-state index contributed by atoms with van der Waals surface area (Å²) in [6.45, 7) is 28.6. The molecule has 10 aromatic rings. The Labute approximate surface area is 501 Å². The van der Waals surface area contributed by atoms with Crippen LogP contribution in [-0.2, 0) is 48.1 Å². The zero-order chi connectivity index (χ0) is 60.3. The Bertz CT molecular complexity index is 3710. The number of pyridine rings is 5. The smallest absolute Gasteiger partial charge is 0.201 e. The van der Waals surface area contributed by atoms with Crippen LogP contribution in [0.25, 0.3) is 56.3 Å². The summed E-state index contributed by atoms with van der Waals surface area (Å²) in [7, 11) is 10.6. The number of hydrogen-bond donors (Lipinski definition) is 0. The Balaban J connectivity index is 0.000000167. The molecule has 5 aromatic heterocycles. The van der Waals surface area contributed by atoms with E-state index >= 15 is 0 Å². The first-order valence-electron chi connectivity index (χ1n) is 30.0. The molecule has 0 atom stereocenters. The van der Waals surface area contributed by atoms with Crippen molar-refractivity contribution in [2.24, 2.45) is 35.2 Å². The zero-order valence-corrected chi connectivity index (χ0v) is 53.6. The molecule has 10 rings (SSSR count). The quantitative estimate of drug-likeness (QED) is 0.122. The third-order valence-electron chi connectivity index (χ3n) is 15.8. The number of hydrogen-bond acceptors (Lipinski definition) is 0. The lowest BCUT2D eigenvalue weighted by molar-refractivity contribution is -0.661. The monoisotopic (exact) mass is 1100 g/mol. The lowest BCUT2D eigenvalue weighted by Crippen LogP contribution is -2.32. The Morgan fingerprint density at radius 1 is 0.313 bits per heavy atom. The lowest BCUT2D eigenvalue weighted by Gasteiger charge is -2.11. The molecule has 5 aromatic carbocycles. The maximum Gasteiger partial charge on any atom is 0.215 e. The predicted octanol–water partition coefficient (Wildman–Crippen LogP) is 16.9. The van der Waals surface area contributed by atoms with Crippen molar-refractivity contribution in [3.05, 3.63) is 269 Å². The first kappa shape index (κ1) is 64.0. The second kappa shape index (κ2) is 30.8. The van der Waals surface area contributed by atoms with Crippen LogP contribution in [0.2, 0.25) is 0 Å². The van der Waals surface area contributed by atoms with Crippen LogP contribution in [0.15, 0.2) is 213 Å². The van der Waals surface area contributed by atoms with Gasteiger partial charge in [-0.2, -0.15) is 0 Å². The Hall–Kier alpha value is -8.15. The van der Waals surface area contributed by atoms with E-state index < -0.39 is 0 Å². The highest BCUT2D eigenvalue weighted by atomic mass is 14.9. The summed E-state index contributed by atoms with van der Waals surface area (Å²) in [6, 6.07) is 64.8. The molecule has 0 aliphatic heterocycles. The highest BCUT2D eigenvalue weighted by Gasteiger charge is 2.21. The molecule has 0 N–H and O–H groups in total. The predicted molar refractivity (Wildman–Crippen MR) is 350 cm³/mol. The molecule has 83 heavy (non-hydrogen) atoms. The van der Waals surface area contributed by atoms with Crippen LogP contribution in [0.5, 0.6) is 0 Å². The van der Waals surface area contributed by atoms with Crippen molar-refractivity contribution in [1.82, 2.24) is 0 Å². The van der Waals surface area contributed by atoms with E-state index in [0.29, 0.717) is 17.8 Å². The second-order valence-electron chi connectivity index (χ2n) is 23.1. The molecule has 5 heteroatoms. The fourth-order valence-electron chi connectivity index (χ4n) is 10.6. The molecule has 0 spiro atoms. The van der Waals surface area contributed by atoms with Crippen LogP contribution >= 0.6 is 0 Å². The number of benzene rings is 5. The number of rotatable bonds is 10. The van der Waals surface area contributed by atoms with Crippen molar-refractivity contribution in [1.29, 1.82) is 0 Å². The maximum atomic E-state index is 2.30. The molecule has 0 unspecified atom stereocenters. The normalized spacial score (nSPS) is 10.7. The minimum absolute atomic E-state index is 0.539. The van der Waals surface area contributed by atoms with Crippen molar-refractivity contribution < 1.29 is 22.8 Å². The van der Waals surface area contributed by atoms with Gasteiger partial charge >= 0.3 is 0 Å². The third kappa shape index (κ3) is 17.0. The van der Waals surface area contributed by atoms with Gasteiger partial charge in [0.25, 0.3) is 0 Å². The van der Waals surface area contributed by atoms with Crippen LogP contribution in [0.1, 0.15) is 129 Å². The van der Waals surface area contributed by atoms with E-state index in [1.54, 1.807) is 0 Å². The van der Waals surface area contributed by atoms with Crippen LogP contribution in [0, 0.1) is 34.6 Å². The van der Waals surface area contributed by atoms with Crippen molar-refractivity contribution in [2.45, 2.75) is 121 Å². The molecule has 0 saturated heterocycles. The van der Waals surface area contributed by atoms with E-state index in [0.717, 1.165) is 12.8 Å². The average molecular weight is 1100 g/mol. The summed E-state index contributed by atoms with van der Waals surface area (Å²) >= 11 is 0. The van der Waals surface area contributed by atoms with Crippen LogP contribution < -0.4 is 22.8 Å². The zero-order valence-electron chi connectivity index (χ0n) is 53.6. The summed E-state index contributed by atoms with van der Waals surface area (Å²) in [5.74, 6) is 1.68. The Kier molecular flexibility index (Phi) is 23.7. The molecule has 428 valence electrons. The van der Waals surface area contributed by atoms with E-state index in [4.69, 9.17) is 0 Å². The molecular weight excluding hydrogens is 1010 g/mol. The molecule has 0 saturated carbocycles. The highest BCUT2D eigenvalue weighted by Crippen LogP contribution is 2.29. The highest BCUT2D eigenvalue weighted by molar-refractivity contribution is 5.66. The number of nitrogens with zero attached hydrogens (tertiary/aromatic N) is 5. The molecule has 5 nitrogen and oxygen atoms in total. The van der Waals surface area contributed by atoms with Gasteiger partial charge in [0.15, 0.2) is 31.0 Å². The summed E-state index contributed by atoms with van der Waals surface area (Å²) in [4.78, 5) is 0. The van der Waals surface area contributed by atoms with Crippen LogP contribution in [0.3, 0.4) is 0 Å². The Morgan fingerprint density at radius 3 is 1.16 bits per heavy atom. The van der Waals surface area contributed by atoms with E-state index in [1.165, 1.54) is 112 Å². The van der Waals surface area contributed by atoms with Crippen LogP contribution in [0.4, 0.5) is 0 Å². The molecule has 0 bridgehead atoms. The van der Waals surface area contributed by atoms with Crippen molar-refractivity contribution in [3.8, 4) is 56.3 Å². The lowest BCUT2D eigenvalue weighted by atomic mass is 9.94. The average Bonchev–Trinajstić information content (AvgIpc) is 3.68. The summed E-state index contributed by atoms with van der Waals surface area (Å²) < 4.78 is 11.0. The fourth-order valence-corrected chi connectivity index (χ4v) is 10.6. The van der Waals surface area contributed by atoms with E-state index in [1.807, 2.05) is 0 Å². The van der Waals surface area contributed by atoms with Gasteiger partial charge in [-0.05, 0) is 153 Å². The van der Waals surface area contributed by atoms with Crippen molar-refractivity contribution in [2.75, 3.05) is 0 Å². The van der Waals surface area contributed by atoms with E-state index in [-0.39, 0.29) is 0 Å². The van der Waals surface area contributed by atoms with Gasteiger partial charge in [0, 0.05) is 87.0 Å². The second-order valence-corrected chi connectivity index (χ2v) is 23.1. The summed E-state index contributed by atoms with van der Waals surface area (Å²) in [6.07, 6.45) is 12.9. The van der Waals surface area contributed by atoms with Crippen molar-refractivity contribution in [3.63, 3.8) is 0 Å². The van der Waals surface area contributed by atoms with Gasteiger partial charge in [-0.25, -0.2) is 22.8 Å². The molecule has 0 amide bonds. The SMILES string of the molecule is CCc1cc[n+](C)c(-c2ccccc2C)c1.CCc1ccc[n+](C)c1-c1ccccc1C.Cc1ccccc1-c1c(C(C)C)ccc[n+]1C.Cc1ccccc1-c1cc(C(C)C)cc[n+]1C.Cc1ccccc1-c1ccc(C(C)C)c[n+]1C. The van der Waals surface area contributed by atoms with Gasteiger partial charge in [0.05, 0.1) is 0 Å². The van der Waals surface area contributed by atoms with Gasteiger partial charge in [0.1, 0.15) is 35.2 Å². The first-order valence-corrected chi connectivity index (χ1v) is 30.0. The summed E-state index contributed by atoms with van der Waals surface area (Å²) in [5, 5.41) is 0. The van der Waals surface area contributed by atoms with E-state index in [2.05, 4.69) is 361 Å². The molecule has 0 aliphatic rings. The number of aromatic nitrogens is 5. The van der Waals surface area contributed by atoms with Crippen LogP contribution in [-0.4, -0.2) is 0 Å². The van der Waals surface area contributed by atoms with Gasteiger partial charge in [0.2, 0.25) is 28.5 Å². The molecule has 0 aliphatic carbocycles. The molecular formula is C78H96N5+5. The minimum atomic E-state index is 0.539. The standard InChI is InChI=1S/3C16H20N.2C15H18N/c1-12(2)14-10-7-11-17(4)16(14)15-9-6-5-8-13(15)3;1-12(2)14-9-10-17(4)16(11-14)15-8-6-5-7-13(15)3;1-12(2)14-9-10-16(17(4)11-14)15-8-6-5-7-13(15)3;1-4-13-9-7-11-16(3)15(13)14-10-6-5-8-12(14)2;1-4-13-9-10-16(3)15(11-13)14-8-6-5-7-12(14)2/h3*5-12H,1-4H3;2*5-11H,4H2,1-3H3/q5*+1. The topological polar surface area (TPSA) is 19.4 Å². The fraction of sp³-hybridized carbons (Fsp3) is 0.295. The van der Waals surface area contributed by atoms with Crippen molar-refractivity contribution >= 4 is 0 Å². The largest absolute Gasteiger partial charge is 0.215 e. The third-order valence-corrected chi connectivity index (χ3v) is 15.8. The number of aryl methyl sites for hydroxylation is 12. The van der Waals surface area contributed by atoms with Gasteiger partial charge in [-0.3, -0.25) is 0 Å². The molecule has 5 heterocycles. The Morgan fingerprint density at radius 2 is 0.723 bits per heavy atom. The van der Waals surface area contributed by atoms with Gasteiger partial charge in [-0.15, -0.1) is 0 Å². The van der Waals surface area contributed by atoms with Gasteiger partial charge < -0.3 is 0 Å². The van der Waals surface area contributed by atoms with Gasteiger partial charge in [-0.1, -0.05) is 146 Å². The molecule has 0 fully saturated rings. The maximum absolute atomic E-state index is 2.30. The molecule has 0 radical (unpaired) electrons. The minimum Gasteiger partial charge on any atom is -0.201 e. The first-order chi connectivity index (χ1) is 39.7. The van der Waals surface area contributed by atoms with E-state index in [9.17, 15) is 0 Å².